The minimum absolute atomic E-state index is 0.392. The Bertz CT molecular complexity index is 254. The van der Waals surface area contributed by atoms with Crippen molar-refractivity contribution in [1.82, 2.24) is 10.2 Å². The van der Waals surface area contributed by atoms with E-state index in [9.17, 15) is 5.11 Å². The summed E-state index contributed by atoms with van der Waals surface area (Å²) < 4.78 is 10.4. The first kappa shape index (κ1) is 18.8. The maximum Gasteiger partial charge on any atom is 0.0900 e. The first-order chi connectivity index (χ1) is 10.2. The lowest BCUT2D eigenvalue weighted by atomic mass is 9.96. The van der Waals surface area contributed by atoms with Crippen LogP contribution < -0.4 is 5.32 Å². The molecule has 0 aromatic heterocycles. The lowest BCUT2D eigenvalue weighted by molar-refractivity contribution is -0.0139. The number of aliphatic hydroxyl groups is 1. The Morgan fingerprint density at radius 3 is 2.86 bits per heavy atom. The van der Waals surface area contributed by atoms with Crippen LogP contribution in [0.2, 0.25) is 0 Å². The minimum atomic E-state index is -0.416. The average Bonchev–Trinajstić information content (AvgIpc) is 2.50. The molecule has 0 aromatic rings. The first-order valence-electron chi connectivity index (χ1n) is 8.41. The molecule has 0 aromatic carbocycles. The van der Waals surface area contributed by atoms with Crippen molar-refractivity contribution in [1.29, 1.82) is 0 Å². The number of likely N-dealkylation sites (tertiary alicyclic amines) is 1. The van der Waals surface area contributed by atoms with Crippen molar-refractivity contribution in [3.05, 3.63) is 0 Å². The molecule has 0 amide bonds. The quantitative estimate of drug-likeness (QED) is 0.563. The van der Waals surface area contributed by atoms with E-state index in [1.807, 2.05) is 0 Å². The monoisotopic (exact) mass is 302 g/mol. The fourth-order valence-corrected chi connectivity index (χ4v) is 3.00. The highest BCUT2D eigenvalue weighted by Crippen LogP contribution is 2.20. The lowest BCUT2D eigenvalue weighted by Gasteiger charge is -2.40. The van der Waals surface area contributed by atoms with E-state index in [1.165, 1.54) is 19.3 Å². The van der Waals surface area contributed by atoms with Gasteiger partial charge in [0.05, 0.1) is 25.9 Å². The van der Waals surface area contributed by atoms with Gasteiger partial charge in [0.25, 0.3) is 0 Å². The summed E-state index contributed by atoms with van der Waals surface area (Å²) in [5, 5.41) is 13.7. The van der Waals surface area contributed by atoms with Gasteiger partial charge in [-0.15, -0.1) is 0 Å². The molecule has 0 radical (unpaired) electrons. The summed E-state index contributed by atoms with van der Waals surface area (Å²) in [7, 11) is 1.66. The van der Waals surface area contributed by atoms with Crippen LogP contribution in [-0.2, 0) is 9.47 Å². The molecule has 2 N–H and O–H groups in total. The van der Waals surface area contributed by atoms with Crippen LogP contribution in [-0.4, -0.2) is 74.8 Å². The Kier molecular flexibility index (Phi) is 10.2. The molecule has 1 rings (SSSR count). The number of nitrogens with zero attached hydrogens (tertiary/aromatic N) is 1. The Morgan fingerprint density at radius 2 is 2.14 bits per heavy atom. The number of rotatable bonds is 11. The Hall–Kier alpha value is -0.200. The molecule has 126 valence electrons. The van der Waals surface area contributed by atoms with Crippen LogP contribution in [0.1, 0.15) is 39.5 Å². The summed E-state index contributed by atoms with van der Waals surface area (Å²) in [5.41, 5.74) is 0. The topological polar surface area (TPSA) is 54.0 Å². The number of hydrogen-bond donors (Lipinski definition) is 2. The second-order valence-corrected chi connectivity index (χ2v) is 6.02. The van der Waals surface area contributed by atoms with Crippen LogP contribution in [0.5, 0.6) is 0 Å². The van der Waals surface area contributed by atoms with Gasteiger partial charge in [0.15, 0.2) is 0 Å². The van der Waals surface area contributed by atoms with Crippen LogP contribution >= 0.6 is 0 Å². The second-order valence-electron chi connectivity index (χ2n) is 6.02. The number of methoxy groups -OCH3 is 1. The summed E-state index contributed by atoms with van der Waals surface area (Å²) in [4.78, 5) is 2.43. The molecule has 0 spiro atoms. The van der Waals surface area contributed by atoms with Gasteiger partial charge < -0.3 is 19.9 Å². The van der Waals surface area contributed by atoms with Gasteiger partial charge in [-0.25, -0.2) is 0 Å². The number of hydrogen-bond acceptors (Lipinski definition) is 5. The standard InChI is InChI=1S/C16H34N2O3/c1-4-8-17-14(2)16-7-5-6-9-18(16)12-15(19)13-21-11-10-20-3/h14-17,19H,4-13H2,1-3H3. The van der Waals surface area contributed by atoms with E-state index in [4.69, 9.17) is 9.47 Å². The summed E-state index contributed by atoms with van der Waals surface area (Å²) in [5.74, 6) is 0. The summed E-state index contributed by atoms with van der Waals surface area (Å²) in [6, 6.07) is 1.01. The molecule has 1 aliphatic rings. The van der Waals surface area contributed by atoms with Gasteiger partial charge in [0, 0.05) is 25.7 Å². The highest BCUT2D eigenvalue weighted by Gasteiger charge is 2.28. The Labute approximate surface area is 130 Å². The van der Waals surface area contributed by atoms with Gasteiger partial charge in [0.2, 0.25) is 0 Å². The lowest BCUT2D eigenvalue weighted by Crippen LogP contribution is -2.53. The molecular weight excluding hydrogens is 268 g/mol. The molecule has 0 aliphatic carbocycles. The zero-order chi connectivity index (χ0) is 15.5. The normalized spacial score (nSPS) is 23.1. The van der Waals surface area contributed by atoms with E-state index in [0.717, 1.165) is 19.5 Å². The van der Waals surface area contributed by atoms with Crippen LogP contribution in [0.4, 0.5) is 0 Å². The average molecular weight is 302 g/mol. The van der Waals surface area contributed by atoms with E-state index in [2.05, 4.69) is 24.1 Å². The van der Waals surface area contributed by atoms with Crippen molar-refractivity contribution in [2.24, 2.45) is 0 Å². The van der Waals surface area contributed by atoms with Crippen molar-refractivity contribution in [2.75, 3.05) is 46.6 Å². The third-order valence-corrected chi connectivity index (χ3v) is 4.14. The molecule has 3 atom stereocenters. The van der Waals surface area contributed by atoms with Crippen molar-refractivity contribution >= 4 is 0 Å². The van der Waals surface area contributed by atoms with Gasteiger partial charge in [-0.2, -0.15) is 0 Å². The van der Waals surface area contributed by atoms with Crippen molar-refractivity contribution in [3.63, 3.8) is 0 Å². The van der Waals surface area contributed by atoms with E-state index < -0.39 is 6.10 Å². The van der Waals surface area contributed by atoms with Crippen LogP contribution in [0.15, 0.2) is 0 Å². The largest absolute Gasteiger partial charge is 0.389 e. The second kappa shape index (κ2) is 11.4. The third kappa shape index (κ3) is 7.56. The molecule has 0 bridgehead atoms. The Morgan fingerprint density at radius 1 is 1.33 bits per heavy atom. The molecule has 5 nitrogen and oxygen atoms in total. The van der Waals surface area contributed by atoms with E-state index >= 15 is 0 Å². The number of aliphatic hydroxyl groups excluding tert-OH is 1. The molecule has 1 saturated heterocycles. The number of β-amino-alcohol motifs (C(OH)–C–C–N with tert-alkyl or cyclic N) is 1. The number of nitrogens with one attached hydrogen (secondary N) is 1. The molecule has 21 heavy (non-hydrogen) atoms. The molecule has 0 saturated carbocycles. The highest BCUT2D eigenvalue weighted by molar-refractivity contribution is 4.86. The zero-order valence-corrected chi connectivity index (χ0v) is 14.0. The predicted molar refractivity (Wildman–Crippen MR) is 85.7 cm³/mol. The smallest absolute Gasteiger partial charge is 0.0900 e. The fourth-order valence-electron chi connectivity index (χ4n) is 3.00. The highest BCUT2D eigenvalue weighted by atomic mass is 16.5. The number of piperidine rings is 1. The molecule has 3 unspecified atom stereocenters. The van der Waals surface area contributed by atoms with Crippen molar-refractivity contribution in [3.8, 4) is 0 Å². The van der Waals surface area contributed by atoms with E-state index in [1.54, 1.807) is 7.11 Å². The van der Waals surface area contributed by atoms with Crippen LogP contribution in [0.3, 0.4) is 0 Å². The summed E-state index contributed by atoms with van der Waals surface area (Å²) in [6.45, 7) is 8.83. The maximum atomic E-state index is 10.1. The molecule has 1 heterocycles. The fraction of sp³-hybridized carbons (Fsp3) is 1.00. The minimum Gasteiger partial charge on any atom is -0.389 e. The van der Waals surface area contributed by atoms with Crippen molar-refractivity contribution < 1.29 is 14.6 Å². The van der Waals surface area contributed by atoms with Crippen LogP contribution in [0, 0.1) is 0 Å². The molecule has 1 fully saturated rings. The van der Waals surface area contributed by atoms with E-state index in [0.29, 0.717) is 38.4 Å². The zero-order valence-electron chi connectivity index (χ0n) is 14.0. The van der Waals surface area contributed by atoms with Gasteiger partial charge in [0.1, 0.15) is 0 Å². The van der Waals surface area contributed by atoms with Gasteiger partial charge in [-0.3, -0.25) is 4.90 Å². The Balaban J connectivity index is 2.34. The first-order valence-corrected chi connectivity index (χ1v) is 8.41. The maximum absolute atomic E-state index is 10.1. The third-order valence-electron chi connectivity index (χ3n) is 4.14. The molecule has 5 heteroatoms. The molecular formula is C16H34N2O3. The summed E-state index contributed by atoms with van der Waals surface area (Å²) >= 11 is 0. The van der Waals surface area contributed by atoms with Crippen LogP contribution in [0.25, 0.3) is 0 Å². The van der Waals surface area contributed by atoms with Gasteiger partial charge >= 0.3 is 0 Å². The number of ether oxygens (including phenoxy) is 2. The molecule has 1 aliphatic heterocycles. The van der Waals surface area contributed by atoms with E-state index in [-0.39, 0.29) is 0 Å². The van der Waals surface area contributed by atoms with Crippen molar-refractivity contribution in [2.45, 2.75) is 57.7 Å². The summed E-state index contributed by atoms with van der Waals surface area (Å²) in [6.07, 6.45) is 4.48. The van der Waals surface area contributed by atoms with Gasteiger partial charge in [-0.1, -0.05) is 13.3 Å². The van der Waals surface area contributed by atoms with Gasteiger partial charge in [-0.05, 0) is 39.3 Å². The predicted octanol–water partition coefficient (Wildman–Crippen LogP) is 1.25. The SMILES string of the molecule is CCCNC(C)C1CCCCN1CC(O)COCCOC.